The molecular weight excluding hydrogens is 1210 g/mol. The number of nitrogens with one attached hydrogen (secondary N) is 1. The number of aliphatic hydroxyl groups is 21. The molecule has 6 aliphatic heterocycles. The van der Waals surface area contributed by atoms with E-state index in [0.29, 0.717) is 0 Å². The van der Waals surface area contributed by atoms with Gasteiger partial charge in [-0.1, -0.05) is 0 Å². The van der Waals surface area contributed by atoms with Crippen molar-refractivity contribution >= 4 is 17.8 Å². The molecule has 30 unspecified atom stereocenters. The van der Waals surface area contributed by atoms with Gasteiger partial charge < -0.3 is 169 Å². The Kier molecular flexibility index (Phi) is 32.6. The van der Waals surface area contributed by atoms with Gasteiger partial charge in [0.15, 0.2) is 37.7 Å². The second-order valence-electron chi connectivity index (χ2n) is 20.1. The lowest BCUT2D eigenvalue weighted by atomic mass is 9.97. The summed E-state index contributed by atoms with van der Waals surface area (Å²) in [6.07, 6.45) is -47.2. The number of carbonyl (C=O) groups is 3. The van der Waals surface area contributed by atoms with Gasteiger partial charge in [0, 0.05) is 11.3 Å². The Labute approximate surface area is 497 Å². The number of hydrogen-bond acceptors (Lipinski definition) is 38. The molecule has 6 saturated heterocycles. The van der Waals surface area contributed by atoms with E-state index in [1.807, 2.05) is 5.43 Å². The monoisotopic (exact) mass is 1300 g/mol. The predicted octanol–water partition coefficient (Wildman–Crippen LogP) is -14.9. The van der Waals surface area contributed by atoms with Gasteiger partial charge in [0.2, 0.25) is 11.8 Å². The van der Waals surface area contributed by atoms with Crippen molar-refractivity contribution in [2.24, 2.45) is 11.0 Å². The van der Waals surface area contributed by atoms with Crippen LogP contribution in [0.15, 0.2) is 5.11 Å². The van der Waals surface area contributed by atoms with E-state index in [1.165, 1.54) is 7.11 Å². The summed E-state index contributed by atoms with van der Waals surface area (Å²) in [4.78, 5) is 36.1. The quantitative estimate of drug-likeness (QED) is 0.00811. The largest absolute Gasteiger partial charge is 0.469 e. The van der Waals surface area contributed by atoms with E-state index in [9.17, 15) is 122 Å². The molecule has 6 heterocycles. The normalized spacial score (nSPS) is 42.7. The van der Waals surface area contributed by atoms with Gasteiger partial charge in [-0.15, -0.1) is 0 Å². The van der Waals surface area contributed by atoms with Crippen LogP contribution in [0.3, 0.4) is 0 Å². The number of aliphatic hydroxyl groups excluding tert-OH is 21. The van der Waals surface area contributed by atoms with Gasteiger partial charge in [0.05, 0.1) is 79.4 Å². The van der Waals surface area contributed by atoms with Crippen molar-refractivity contribution < 1.29 is 183 Å². The van der Waals surface area contributed by atoms with Gasteiger partial charge >= 0.3 is 5.97 Å². The van der Waals surface area contributed by atoms with Crippen molar-refractivity contribution in [3.8, 4) is 0 Å². The molecule has 42 heteroatoms. The first-order chi connectivity index (χ1) is 41.7. The second kappa shape index (κ2) is 37.3. The number of azide groups is 1. The van der Waals surface area contributed by atoms with Crippen LogP contribution in [0.1, 0.15) is 19.3 Å². The number of methoxy groups -OCH3 is 1. The molecule has 6 rings (SSSR count). The zero-order valence-electron chi connectivity index (χ0n) is 46.6. The number of nitrogens with zero attached hydrogens (tertiary/aromatic N) is 3. The van der Waals surface area contributed by atoms with Crippen LogP contribution in [0.2, 0.25) is 0 Å². The van der Waals surface area contributed by atoms with Crippen LogP contribution >= 0.6 is 0 Å². The van der Waals surface area contributed by atoms with Crippen LogP contribution in [0.25, 0.3) is 10.4 Å². The fourth-order valence-electron chi connectivity index (χ4n) is 9.07. The fraction of sp³-hybridized carbons (Fsp3) is 0.935. The van der Waals surface area contributed by atoms with Gasteiger partial charge in [-0.2, -0.15) is 0 Å². The van der Waals surface area contributed by atoms with Gasteiger partial charge in [-0.05, 0) is 10.6 Å². The molecule has 0 radical (unpaired) electrons. The van der Waals surface area contributed by atoms with Crippen LogP contribution in [0.4, 0.5) is 0 Å². The maximum Gasteiger partial charge on any atom is 0.307 e. The molecule has 0 aliphatic carbocycles. The summed E-state index contributed by atoms with van der Waals surface area (Å²) in [5, 5.41) is 209. The number of ether oxygens (including phenoxy) is 13. The van der Waals surface area contributed by atoms with Gasteiger partial charge in [0.1, 0.15) is 146 Å². The van der Waals surface area contributed by atoms with E-state index in [4.69, 9.17) is 68.2 Å². The zero-order valence-corrected chi connectivity index (χ0v) is 46.6. The van der Waals surface area contributed by atoms with E-state index in [2.05, 4.69) is 14.8 Å². The average Bonchev–Trinajstić information content (AvgIpc) is 2.37. The van der Waals surface area contributed by atoms with E-state index in [1.54, 1.807) is 0 Å². The molecule has 24 N–H and O–H groups in total. The van der Waals surface area contributed by atoms with Crippen molar-refractivity contribution in [1.29, 1.82) is 0 Å². The number of rotatable bonds is 24. The molecule has 0 bridgehead atoms. The molecule has 0 spiro atoms. The number of hydrogen-bond donors (Lipinski definition) is 23. The van der Waals surface area contributed by atoms with E-state index in [0.717, 1.165) is 0 Å². The summed E-state index contributed by atoms with van der Waals surface area (Å²) < 4.78 is 68.5. The highest BCUT2D eigenvalue weighted by molar-refractivity contribution is 5.76. The Hall–Kier alpha value is -3.44. The molecule has 0 saturated carbocycles. The summed E-state index contributed by atoms with van der Waals surface area (Å²) in [6.45, 7) is -4.90. The minimum atomic E-state index is -1.80. The highest BCUT2D eigenvalue weighted by atomic mass is 16.8. The molecule has 0 aromatic carbocycles. The summed E-state index contributed by atoms with van der Waals surface area (Å²) >= 11 is 0. The maximum absolute atomic E-state index is 11.3. The Morgan fingerprint density at radius 2 is 0.670 bits per heavy atom. The number of nitrogens with two attached hydrogens (primary N) is 1. The number of hydrazine groups is 1. The zero-order chi connectivity index (χ0) is 65.9. The number of amides is 2. The summed E-state index contributed by atoms with van der Waals surface area (Å²) in [7, 11) is 1.19. The first-order valence-electron chi connectivity index (χ1n) is 27.0. The van der Waals surface area contributed by atoms with E-state index < -0.39 is 242 Å². The standard InChI is InChI=1S/C16H28O13.C15H25N3O12.C15H28N2O12/c1-25-8(19)2-3-26-16-14(12(23)10(21)7(5-18)28-16)29-15-13(24)11(22)9(20)6(4-17)27-15;16-18-17-7(21)1-2-27-15-13(11(25)9(23)6(4-20)29-15)30-14-12(26)10(24)8(22)5(3-19)28-14;16-17-7(20)1-2-26-15-13(11(24)9(22)6(4-19)28-15)29-14-12(25)10(23)8(21)5(3-18)27-14/h6-7,9-18,20-24H,2-5H2,1H3;5-6,8-15,19-20,22-26H,1-4H2;5-6,8-15,18-19,21-25H,1-4,16H2,(H,17,20). The smallest absolute Gasteiger partial charge is 0.307 e. The third-order valence-corrected chi connectivity index (χ3v) is 14.2. The number of esters is 1. The lowest BCUT2D eigenvalue weighted by molar-refractivity contribution is -0.367. The summed E-state index contributed by atoms with van der Waals surface area (Å²) in [6, 6.07) is 0. The van der Waals surface area contributed by atoms with Crippen LogP contribution in [-0.4, -0.2) is 376 Å². The van der Waals surface area contributed by atoms with Crippen molar-refractivity contribution in [2.45, 2.75) is 203 Å². The molecule has 512 valence electrons. The third-order valence-electron chi connectivity index (χ3n) is 14.2. The van der Waals surface area contributed by atoms with Crippen LogP contribution < -0.4 is 11.3 Å². The SMILES string of the molecule is COC(=O)CCOC1OC(CO)C(O)C(O)C1OC1OC(CO)C(O)C(O)C1O.NNC(=O)CCOC1OC(CO)C(O)C(O)C1OC1OC(CO)C(O)C(O)C1O.[N-]=[N+]=NC(=O)CCOC1OC(CO)C(O)C(O)C1OC1OC(CO)C(O)C(O)C1O. The minimum absolute atomic E-state index is 0.161. The van der Waals surface area contributed by atoms with Crippen LogP contribution in [0, 0.1) is 0 Å². The van der Waals surface area contributed by atoms with Crippen LogP contribution in [0.5, 0.6) is 0 Å². The fourth-order valence-corrected chi connectivity index (χ4v) is 9.07. The maximum atomic E-state index is 11.3. The second-order valence-corrected chi connectivity index (χ2v) is 20.1. The molecular formula is C46H81N5O37. The van der Waals surface area contributed by atoms with Crippen LogP contribution in [-0.2, 0) is 76.0 Å². The van der Waals surface area contributed by atoms with Gasteiger partial charge in [-0.3, -0.25) is 19.8 Å². The van der Waals surface area contributed by atoms with Crippen molar-refractivity contribution in [3.63, 3.8) is 0 Å². The Morgan fingerprint density at radius 1 is 0.409 bits per heavy atom. The summed E-state index contributed by atoms with van der Waals surface area (Å²) in [5.74, 6) is 3.00. The summed E-state index contributed by atoms with van der Waals surface area (Å²) in [5.41, 5.74) is 10.1. The minimum Gasteiger partial charge on any atom is -0.469 e. The topological polar surface area (TPSA) is 683 Å². The first-order valence-corrected chi connectivity index (χ1v) is 27.0. The third kappa shape index (κ3) is 20.0. The Balaban J connectivity index is 0.000000282. The van der Waals surface area contributed by atoms with Crippen molar-refractivity contribution in [2.75, 3.05) is 66.6 Å². The lowest BCUT2D eigenvalue weighted by Crippen LogP contribution is -2.64. The number of carbonyl (C=O) groups excluding carboxylic acids is 3. The lowest BCUT2D eigenvalue weighted by Gasteiger charge is -2.45. The first kappa shape index (κ1) is 77.0. The highest BCUT2D eigenvalue weighted by Gasteiger charge is 2.54. The van der Waals surface area contributed by atoms with Crippen molar-refractivity contribution in [1.82, 2.24) is 5.43 Å². The predicted molar refractivity (Wildman–Crippen MR) is 269 cm³/mol. The van der Waals surface area contributed by atoms with E-state index >= 15 is 0 Å². The van der Waals surface area contributed by atoms with E-state index in [-0.39, 0.29) is 39.1 Å². The molecule has 6 aliphatic rings. The highest BCUT2D eigenvalue weighted by Crippen LogP contribution is 2.33. The molecule has 2 amide bonds. The molecule has 88 heavy (non-hydrogen) atoms. The molecule has 6 fully saturated rings. The Morgan fingerprint density at radius 3 is 0.932 bits per heavy atom. The Bertz CT molecular complexity index is 2020. The average molecular weight is 1300 g/mol. The molecule has 0 aromatic heterocycles. The molecule has 42 nitrogen and oxygen atoms in total. The molecule has 30 atom stereocenters. The van der Waals surface area contributed by atoms with Crippen molar-refractivity contribution in [3.05, 3.63) is 10.4 Å². The van der Waals surface area contributed by atoms with Gasteiger partial charge in [0.25, 0.3) is 0 Å². The van der Waals surface area contributed by atoms with Gasteiger partial charge in [-0.25, -0.2) is 5.84 Å². The molecule has 0 aromatic rings.